The highest BCUT2D eigenvalue weighted by Crippen LogP contribution is 2.43. The Morgan fingerprint density at radius 1 is 1.45 bits per heavy atom. The number of nitrogens with zero attached hydrogens (tertiary/aromatic N) is 1. The van der Waals surface area contributed by atoms with E-state index in [2.05, 4.69) is 4.52 Å². The van der Waals surface area contributed by atoms with Gasteiger partial charge in [0.1, 0.15) is 18.3 Å². The van der Waals surface area contributed by atoms with Crippen LogP contribution in [0.15, 0.2) is 15.8 Å². The zero-order valence-electron chi connectivity index (χ0n) is 10.7. The Balaban J connectivity index is 2.38. The number of aliphatic hydroxyl groups excluding tert-OH is 2. The van der Waals surface area contributed by atoms with Crippen molar-refractivity contribution >= 4 is 30.4 Å². The molecular weight excluding hydrogens is 438 g/mol. The number of aromatic nitrogens is 2. The van der Waals surface area contributed by atoms with E-state index in [1.807, 2.05) is 4.98 Å². The zero-order valence-corrected chi connectivity index (χ0v) is 13.7. The van der Waals surface area contributed by atoms with Gasteiger partial charge in [-0.25, -0.2) is 9.36 Å². The van der Waals surface area contributed by atoms with E-state index < -0.39 is 50.2 Å². The van der Waals surface area contributed by atoms with E-state index in [4.69, 9.17) is 19.6 Å². The lowest BCUT2D eigenvalue weighted by Crippen LogP contribution is -2.39. The van der Waals surface area contributed by atoms with Crippen molar-refractivity contribution in [2.75, 3.05) is 6.61 Å². The highest BCUT2D eigenvalue weighted by atomic mass is 127. The fraction of sp³-hybridized carbons (Fsp3) is 0.556. The molecule has 2 rings (SSSR count). The summed E-state index contributed by atoms with van der Waals surface area (Å²) < 4.78 is 21.5. The summed E-state index contributed by atoms with van der Waals surface area (Å²) in [6.45, 7) is -0.701. The molecule has 5 N–H and O–H groups in total. The number of hydrogen-bond acceptors (Lipinski definition) is 7. The molecule has 0 saturated carbocycles. The average Bonchev–Trinajstić information content (AvgIpc) is 2.69. The lowest BCUT2D eigenvalue weighted by Gasteiger charge is -2.20. The monoisotopic (exact) mass is 450 g/mol. The first kappa shape index (κ1) is 17.7. The summed E-state index contributed by atoms with van der Waals surface area (Å²) in [5.41, 5.74) is -1.51. The number of rotatable bonds is 4. The molecule has 1 saturated heterocycles. The van der Waals surface area contributed by atoms with Crippen molar-refractivity contribution in [1.82, 2.24) is 9.55 Å². The summed E-state index contributed by atoms with van der Waals surface area (Å²) >= 11 is 1.66. The van der Waals surface area contributed by atoms with Crippen LogP contribution in [0.4, 0.5) is 0 Å². The first-order valence-electron chi connectivity index (χ1n) is 5.83. The van der Waals surface area contributed by atoms with Gasteiger partial charge in [0.2, 0.25) is 0 Å². The highest BCUT2D eigenvalue weighted by molar-refractivity contribution is 14.1. The third-order valence-corrected chi connectivity index (χ3v) is 4.23. The summed E-state index contributed by atoms with van der Waals surface area (Å²) in [6.07, 6.45) is -4.73. The van der Waals surface area contributed by atoms with E-state index in [1.54, 1.807) is 22.6 Å². The van der Waals surface area contributed by atoms with Crippen molar-refractivity contribution in [3.05, 3.63) is 30.6 Å². The molecule has 1 aromatic heterocycles. The topological polar surface area (TPSA) is 171 Å². The van der Waals surface area contributed by atoms with Crippen molar-refractivity contribution in [2.45, 2.75) is 24.5 Å². The average molecular weight is 450 g/mol. The fourth-order valence-electron chi connectivity index (χ4n) is 2.03. The predicted molar refractivity (Wildman–Crippen MR) is 78.0 cm³/mol. The SMILES string of the molecule is O=c1[nH]c(=O)n([C@@H]2O[C@H](CO)[C@@H](OP(=O)(O)O)[C@H]2O)cc1I. The summed E-state index contributed by atoms with van der Waals surface area (Å²) in [7, 11) is -4.95. The van der Waals surface area contributed by atoms with Gasteiger partial charge >= 0.3 is 13.5 Å². The molecule has 13 heteroatoms. The van der Waals surface area contributed by atoms with Crippen LogP contribution in [0.3, 0.4) is 0 Å². The number of ether oxygens (including phenoxy) is 1. The molecule has 1 fully saturated rings. The molecule has 0 spiro atoms. The number of halogens is 1. The van der Waals surface area contributed by atoms with Gasteiger partial charge in [-0.15, -0.1) is 0 Å². The second-order valence-corrected chi connectivity index (χ2v) is 6.80. The lowest BCUT2D eigenvalue weighted by molar-refractivity contribution is -0.0550. The Kier molecular flexibility index (Phi) is 5.23. The van der Waals surface area contributed by atoms with Gasteiger partial charge in [-0.2, -0.15) is 0 Å². The first-order valence-corrected chi connectivity index (χ1v) is 8.44. The van der Waals surface area contributed by atoms with Crippen LogP contribution < -0.4 is 11.2 Å². The number of phosphoric acid groups is 1. The van der Waals surface area contributed by atoms with Gasteiger partial charge in [0, 0.05) is 6.20 Å². The fourth-order valence-corrected chi connectivity index (χ4v) is 3.05. The smallest absolute Gasteiger partial charge is 0.394 e. The number of phosphoric ester groups is 1. The maximum atomic E-state index is 11.8. The highest BCUT2D eigenvalue weighted by Gasteiger charge is 2.48. The second-order valence-electron chi connectivity index (χ2n) is 4.44. The Morgan fingerprint density at radius 3 is 2.64 bits per heavy atom. The van der Waals surface area contributed by atoms with Crippen molar-refractivity contribution in [1.29, 1.82) is 0 Å². The molecule has 124 valence electrons. The van der Waals surface area contributed by atoms with Crippen LogP contribution in [0.5, 0.6) is 0 Å². The van der Waals surface area contributed by atoms with Crippen molar-refractivity contribution in [3.8, 4) is 0 Å². The molecule has 0 bridgehead atoms. The quantitative estimate of drug-likeness (QED) is 0.254. The Labute approximate surface area is 135 Å². The first-order chi connectivity index (χ1) is 10.1. The lowest BCUT2D eigenvalue weighted by atomic mass is 10.1. The number of H-pyrrole nitrogens is 1. The minimum atomic E-state index is -4.95. The second kappa shape index (κ2) is 6.49. The number of aliphatic hydroxyl groups is 2. The minimum Gasteiger partial charge on any atom is -0.394 e. The van der Waals surface area contributed by atoms with Crippen LogP contribution in [-0.4, -0.2) is 54.5 Å². The van der Waals surface area contributed by atoms with E-state index in [1.165, 1.54) is 0 Å². The van der Waals surface area contributed by atoms with E-state index >= 15 is 0 Å². The van der Waals surface area contributed by atoms with Gasteiger partial charge in [-0.1, -0.05) is 0 Å². The third kappa shape index (κ3) is 3.65. The molecule has 22 heavy (non-hydrogen) atoms. The van der Waals surface area contributed by atoms with Crippen molar-refractivity contribution < 1.29 is 33.8 Å². The van der Waals surface area contributed by atoms with E-state index in [-0.39, 0.29) is 3.57 Å². The molecule has 1 aromatic rings. The minimum absolute atomic E-state index is 0.132. The summed E-state index contributed by atoms with van der Waals surface area (Å²) in [4.78, 5) is 42.7. The van der Waals surface area contributed by atoms with E-state index in [0.717, 1.165) is 10.8 Å². The molecule has 1 aliphatic heterocycles. The molecule has 0 aromatic carbocycles. The molecule has 11 nitrogen and oxygen atoms in total. The molecule has 2 heterocycles. The van der Waals surface area contributed by atoms with E-state index in [9.17, 15) is 19.3 Å². The van der Waals surface area contributed by atoms with Crippen LogP contribution in [-0.2, 0) is 13.8 Å². The zero-order chi connectivity index (χ0) is 16.7. The summed E-state index contributed by atoms with van der Waals surface area (Å²) in [5.74, 6) is 0. The third-order valence-electron chi connectivity index (χ3n) is 2.95. The van der Waals surface area contributed by atoms with Gasteiger partial charge < -0.3 is 24.7 Å². The maximum Gasteiger partial charge on any atom is 0.470 e. The van der Waals surface area contributed by atoms with Crippen LogP contribution >= 0.6 is 30.4 Å². The molecular formula is C9H12IN2O9P. The molecule has 0 aliphatic carbocycles. The van der Waals surface area contributed by atoms with Gasteiger partial charge in [0.05, 0.1) is 10.2 Å². The summed E-state index contributed by atoms with van der Waals surface area (Å²) in [6, 6.07) is 0. The largest absolute Gasteiger partial charge is 0.470 e. The van der Waals surface area contributed by atoms with Gasteiger partial charge in [-0.3, -0.25) is 18.9 Å². The van der Waals surface area contributed by atoms with E-state index in [0.29, 0.717) is 0 Å². The Bertz CT molecular complexity index is 712. The molecule has 0 amide bonds. The van der Waals surface area contributed by atoms with Crippen LogP contribution in [0, 0.1) is 3.57 Å². The maximum absolute atomic E-state index is 11.8. The standard InChI is InChI=1S/C9H12IN2O9P/c10-3-1-12(9(16)11-7(3)15)8-5(14)6(4(2-13)20-8)21-22(17,18)19/h1,4-6,8,13-14H,2H2,(H,11,15,16)(H2,17,18,19)/t4-,5-,6-,8-/m1/s1. The van der Waals surface area contributed by atoms with Crippen molar-refractivity contribution in [2.24, 2.45) is 0 Å². The van der Waals surface area contributed by atoms with Gasteiger partial charge in [-0.05, 0) is 22.6 Å². The van der Waals surface area contributed by atoms with Gasteiger partial charge in [0.15, 0.2) is 6.23 Å². The normalized spacial score (nSPS) is 29.0. The molecule has 1 aliphatic rings. The van der Waals surface area contributed by atoms with Crippen LogP contribution in [0.1, 0.15) is 6.23 Å². The number of hydrogen-bond donors (Lipinski definition) is 5. The molecule has 4 atom stereocenters. The van der Waals surface area contributed by atoms with Crippen molar-refractivity contribution in [3.63, 3.8) is 0 Å². The van der Waals surface area contributed by atoms with Gasteiger partial charge in [0.25, 0.3) is 5.56 Å². The molecule has 0 unspecified atom stereocenters. The van der Waals surface area contributed by atoms with Crippen LogP contribution in [0.2, 0.25) is 0 Å². The Morgan fingerprint density at radius 2 is 2.09 bits per heavy atom. The van der Waals surface area contributed by atoms with Crippen LogP contribution in [0.25, 0.3) is 0 Å². The molecule has 0 radical (unpaired) electrons. The predicted octanol–water partition coefficient (Wildman–Crippen LogP) is -2.13. The number of aromatic amines is 1. The summed E-state index contributed by atoms with van der Waals surface area (Å²) in [5, 5.41) is 19.3. The number of nitrogens with one attached hydrogen (secondary N) is 1. The Hall–Kier alpha value is -0.600.